The summed E-state index contributed by atoms with van der Waals surface area (Å²) in [7, 11) is 3.07. The molecular weight excluding hydrogens is 471 g/mol. The van der Waals surface area contributed by atoms with E-state index < -0.39 is 5.63 Å². The van der Waals surface area contributed by atoms with Crippen molar-refractivity contribution in [3.05, 3.63) is 72.8 Å². The molecule has 0 radical (unpaired) electrons. The highest BCUT2D eigenvalue weighted by Gasteiger charge is 2.16. The Kier molecular flexibility index (Phi) is 6.19. The molecule has 0 aliphatic carbocycles. The molecule has 0 aliphatic heterocycles. The SMILES string of the molecule is COc1cccc(C=C(C#N)c2nc(-c3cc4cc(Cl)cc(Cl)c4oc3=O)cs2)c1OC. The molecule has 2 heterocycles. The van der Waals surface area contributed by atoms with Crippen molar-refractivity contribution in [1.29, 1.82) is 5.26 Å². The van der Waals surface area contributed by atoms with E-state index in [1.54, 1.807) is 48.9 Å². The molecule has 0 aliphatic rings. The molecule has 9 heteroatoms. The molecule has 2 aromatic carbocycles. The van der Waals surface area contributed by atoms with Gasteiger partial charge in [-0.3, -0.25) is 0 Å². The van der Waals surface area contributed by atoms with Gasteiger partial charge in [0.1, 0.15) is 11.1 Å². The van der Waals surface area contributed by atoms with Gasteiger partial charge in [-0.1, -0.05) is 35.3 Å². The van der Waals surface area contributed by atoms with Crippen LogP contribution in [0.5, 0.6) is 11.5 Å². The average molecular weight is 485 g/mol. The van der Waals surface area contributed by atoms with Gasteiger partial charge in [0.15, 0.2) is 17.1 Å². The van der Waals surface area contributed by atoms with Crippen molar-refractivity contribution < 1.29 is 13.9 Å². The zero-order chi connectivity index (χ0) is 22.8. The number of hydrogen-bond donors (Lipinski definition) is 0. The van der Waals surface area contributed by atoms with E-state index in [0.717, 1.165) is 0 Å². The first-order valence-corrected chi connectivity index (χ1v) is 10.8. The summed E-state index contributed by atoms with van der Waals surface area (Å²) in [4.78, 5) is 17.0. The monoisotopic (exact) mass is 484 g/mol. The molecule has 6 nitrogen and oxygen atoms in total. The van der Waals surface area contributed by atoms with E-state index in [2.05, 4.69) is 11.1 Å². The van der Waals surface area contributed by atoms with Crippen LogP contribution in [0, 0.1) is 11.3 Å². The average Bonchev–Trinajstić information content (AvgIpc) is 3.27. The number of rotatable bonds is 5. The molecule has 0 bridgehead atoms. The number of aromatic nitrogens is 1. The Labute approximate surface area is 196 Å². The largest absolute Gasteiger partial charge is 0.493 e. The second-order valence-electron chi connectivity index (χ2n) is 6.54. The van der Waals surface area contributed by atoms with Crippen LogP contribution in [0.1, 0.15) is 10.6 Å². The van der Waals surface area contributed by atoms with Crippen LogP contribution in [0.3, 0.4) is 0 Å². The van der Waals surface area contributed by atoms with Gasteiger partial charge in [-0.25, -0.2) is 9.78 Å². The van der Waals surface area contributed by atoms with Crippen LogP contribution in [-0.2, 0) is 0 Å². The zero-order valence-electron chi connectivity index (χ0n) is 16.8. The van der Waals surface area contributed by atoms with E-state index in [4.69, 9.17) is 37.1 Å². The highest BCUT2D eigenvalue weighted by atomic mass is 35.5. The molecule has 32 heavy (non-hydrogen) atoms. The van der Waals surface area contributed by atoms with Crippen molar-refractivity contribution in [2.24, 2.45) is 0 Å². The van der Waals surface area contributed by atoms with Crippen LogP contribution in [0.25, 0.3) is 33.9 Å². The number of fused-ring (bicyclic) bond motifs is 1. The minimum Gasteiger partial charge on any atom is -0.493 e. The van der Waals surface area contributed by atoms with Crippen molar-refractivity contribution in [2.45, 2.75) is 0 Å². The molecule has 0 amide bonds. The highest BCUT2D eigenvalue weighted by molar-refractivity contribution is 7.11. The maximum Gasteiger partial charge on any atom is 0.345 e. The number of thiazole rings is 1. The molecule has 4 rings (SSSR count). The zero-order valence-corrected chi connectivity index (χ0v) is 19.1. The van der Waals surface area contributed by atoms with Crippen molar-refractivity contribution in [2.75, 3.05) is 14.2 Å². The third-order valence-corrected chi connectivity index (χ3v) is 5.99. The lowest BCUT2D eigenvalue weighted by molar-refractivity contribution is 0.354. The first-order valence-electron chi connectivity index (χ1n) is 9.17. The predicted octanol–water partition coefficient (Wildman–Crippen LogP) is 6.30. The fourth-order valence-corrected chi connectivity index (χ4v) is 4.51. The lowest BCUT2D eigenvalue weighted by Gasteiger charge is -2.10. The van der Waals surface area contributed by atoms with Crippen LogP contribution < -0.4 is 15.1 Å². The molecule has 0 unspecified atom stereocenters. The molecular formula is C23H14Cl2N2O4S. The number of benzene rings is 2. The normalized spacial score (nSPS) is 11.4. The maximum atomic E-state index is 12.6. The van der Waals surface area contributed by atoms with Gasteiger partial charge in [0.2, 0.25) is 0 Å². The minimum absolute atomic E-state index is 0.245. The van der Waals surface area contributed by atoms with Gasteiger partial charge in [0.05, 0.1) is 36.1 Å². The lowest BCUT2D eigenvalue weighted by atomic mass is 10.1. The third kappa shape index (κ3) is 4.08. The second kappa shape index (κ2) is 9.05. The molecule has 0 atom stereocenters. The number of halogens is 2. The predicted molar refractivity (Wildman–Crippen MR) is 127 cm³/mol. The minimum atomic E-state index is -0.587. The van der Waals surface area contributed by atoms with Gasteiger partial charge in [-0.05, 0) is 30.3 Å². The summed E-state index contributed by atoms with van der Waals surface area (Å²) in [6.45, 7) is 0. The Morgan fingerprint density at radius 1 is 1.22 bits per heavy atom. The van der Waals surface area contributed by atoms with E-state index in [9.17, 15) is 10.1 Å². The third-order valence-electron chi connectivity index (χ3n) is 4.62. The molecule has 0 saturated heterocycles. The Hall–Kier alpha value is -3.31. The first-order chi connectivity index (χ1) is 15.4. The van der Waals surface area contributed by atoms with Crippen molar-refractivity contribution in [3.8, 4) is 28.8 Å². The van der Waals surface area contributed by atoms with Crippen LogP contribution >= 0.6 is 34.5 Å². The van der Waals surface area contributed by atoms with Crippen molar-refractivity contribution in [1.82, 2.24) is 4.98 Å². The standard InChI is InChI=1S/C23H14Cl2N2O4S/c1-29-19-5-3-4-12(21(19)30-2)6-14(10-26)22-27-18(11-32-22)16-8-13-7-15(24)9-17(25)20(13)31-23(16)28/h3-9,11H,1-2H3. The maximum absolute atomic E-state index is 12.6. The molecule has 0 saturated carbocycles. The molecule has 2 aromatic heterocycles. The van der Waals surface area contributed by atoms with Crippen LogP contribution in [0.15, 0.2) is 51.0 Å². The summed E-state index contributed by atoms with van der Waals surface area (Å²) in [5.41, 5.74) is 1.27. The van der Waals surface area contributed by atoms with Crippen LogP contribution in [-0.4, -0.2) is 19.2 Å². The van der Waals surface area contributed by atoms with Gasteiger partial charge >= 0.3 is 5.63 Å². The Morgan fingerprint density at radius 3 is 2.75 bits per heavy atom. The lowest BCUT2D eigenvalue weighted by Crippen LogP contribution is -2.03. The molecule has 0 spiro atoms. The van der Waals surface area contributed by atoms with Crippen molar-refractivity contribution in [3.63, 3.8) is 0 Å². The van der Waals surface area contributed by atoms with Gasteiger partial charge in [0, 0.05) is 21.4 Å². The Bertz CT molecular complexity index is 1470. The number of para-hydroxylation sites is 1. The molecule has 0 fully saturated rings. The van der Waals surface area contributed by atoms with Crippen molar-refractivity contribution >= 4 is 57.2 Å². The fourth-order valence-electron chi connectivity index (χ4n) is 3.18. The number of nitrogens with zero attached hydrogens (tertiary/aromatic N) is 2. The quantitative estimate of drug-likeness (QED) is 0.244. The number of hydrogen-bond acceptors (Lipinski definition) is 7. The smallest absolute Gasteiger partial charge is 0.345 e. The first kappa shape index (κ1) is 21.9. The summed E-state index contributed by atoms with van der Waals surface area (Å²) in [6.07, 6.45) is 1.66. The summed E-state index contributed by atoms with van der Waals surface area (Å²) in [5, 5.41) is 13.1. The summed E-state index contributed by atoms with van der Waals surface area (Å²) in [5.74, 6) is 1.05. The summed E-state index contributed by atoms with van der Waals surface area (Å²) < 4.78 is 16.1. The number of methoxy groups -OCH3 is 2. The van der Waals surface area contributed by atoms with Gasteiger partial charge in [0.25, 0.3) is 0 Å². The van der Waals surface area contributed by atoms with E-state index in [1.807, 2.05) is 0 Å². The Balaban J connectivity index is 1.79. The van der Waals surface area contributed by atoms with E-state index in [0.29, 0.717) is 43.7 Å². The topological polar surface area (TPSA) is 85.4 Å². The van der Waals surface area contributed by atoms with Gasteiger partial charge < -0.3 is 13.9 Å². The number of allylic oxidation sites excluding steroid dienone is 1. The van der Waals surface area contributed by atoms with Gasteiger partial charge in [-0.2, -0.15) is 5.26 Å². The second-order valence-corrected chi connectivity index (χ2v) is 8.25. The van der Waals surface area contributed by atoms with E-state index >= 15 is 0 Å². The van der Waals surface area contributed by atoms with Gasteiger partial charge in [-0.15, -0.1) is 11.3 Å². The van der Waals surface area contributed by atoms with Crippen LogP contribution in [0.4, 0.5) is 0 Å². The summed E-state index contributed by atoms with van der Waals surface area (Å²) >= 11 is 13.4. The van der Waals surface area contributed by atoms with E-state index in [1.165, 1.54) is 24.5 Å². The van der Waals surface area contributed by atoms with E-state index in [-0.39, 0.29) is 16.2 Å². The number of nitriles is 1. The molecule has 4 aromatic rings. The fraction of sp³-hybridized carbons (Fsp3) is 0.0870. The highest BCUT2D eigenvalue weighted by Crippen LogP contribution is 2.35. The summed E-state index contributed by atoms with van der Waals surface area (Å²) in [6, 6.07) is 12.3. The Morgan fingerprint density at radius 2 is 2.03 bits per heavy atom. The molecule has 160 valence electrons. The van der Waals surface area contributed by atoms with Crippen LogP contribution in [0.2, 0.25) is 10.0 Å². The molecule has 0 N–H and O–H groups in total. The number of ether oxygens (including phenoxy) is 2.